The number of benzene rings is 2. The van der Waals surface area contributed by atoms with Gasteiger partial charge in [0.1, 0.15) is 17.2 Å². The zero-order valence-corrected chi connectivity index (χ0v) is 14.6. The van der Waals surface area contributed by atoms with Gasteiger partial charge in [-0.1, -0.05) is 18.2 Å². The maximum atomic E-state index is 13.4. The molecule has 1 aliphatic heterocycles. The number of hydrogen-bond acceptors (Lipinski definition) is 3. The van der Waals surface area contributed by atoms with Crippen LogP contribution in [0.4, 0.5) is 4.39 Å². The Kier molecular flexibility index (Phi) is 4.47. The highest BCUT2D eigenvalue weighted by Gasteiger charge is 2.26. The highest BCUT2D eigenvalue weighted by atomic mass is 19.1. The molecular formula is C21H21FN2O2. The van der Waals surface area contributed by atoms with Crippen LogP contribution < -0.4 is 10.6 Å². The predicted octanol–water partition coefficient (Wildman–Crippen LogP) is 3.49. The van der Waals surface area contributed by atoms with Gasteiger partial charge in [0.25, 0.3) is 0 Å². The summed E-state index contributed by atoms with van der Waals surface area (Å²) in [6.45, 7) is 2.87. The van der Waals surface area contributed by atoms with Crippen LogP contribution >= 0.6 is 0 Å². The van der Waals surface area contributed by atoms with E-state index in [4.69, 9.17) is 4.42 Å². The van der Waals surface area contributed by atoms with Crippen LogP contribution in [0.25, 0.3) is 11.0 Å². The Morgan fingerprint density at radius 2 is 2.12 bits per heavy atom. The van der Waals surface area contributed by atoms with Crippen molar-refractivity contribution >= 4 is 16.9 Å². The molecule has 0 aliphatic carbocycles. The van der Waals surface area contributed by atoms with E-state index in [0.717, 1.165) is 40.8 Å². The molecule has 4 rings (SSSR count). The molecule has 2 N–H and O–H groups in total. The molecule has 26 heavy (non-hydrogen) atoms. The molecule has 4 nitrogen and oxygen atoms in total. The van der Waals surface area contributed by atoms with Gasteiger partial charge in [-0.15, -0.1) is 0 Å². The summed E-state index contributed by atoms with van der Waals surface area (Å²) in [5.41, 5.74) is 4.14. The Morgan fingerprint density at radius 1 is 1.27 bits per heavy atom. The Hall–Kier alpha value is -2.66. The smallest absolute Gasteiger partial charge is 0.216 e. The van der Waals surface area contributed by atoms with Gasteiger partial charge >= 0.3 is 0 Å². The number of rotatable bonds is 4. The summed E-state index contributed by atoms with van der Waals surface area (Å²) in [7, 11) is 0. The van der Waals surface area contributed by atoms with Crippen molar-refractivity contribution in [3.63, 3.8) is 0 Å². The number of hydrogen-bond donors (Lipinski definition) is 2. The number of nitrogens with one attached hydrogen (secondary N) is 2. The Balaban J connectivity index is 1.65. The summed E-state index contributed by atoms with van der Waals surface area (Å²) < 4.78 is 19.5. The highest BCUT2D eigenvalue weighted by Crippen LogP contribution is 2.33. The van der Waals surface area contributed by atoms with Gasteiger partial charge in [-0.25, -0.2) is 4.39 Å². The van der Waals surface area contributed by atoms with Gasteiger partial charge in [0.05, 0.1) is 6.04 Å². The summed E-state index contributed by atoms with van der Waals surface area (Å²) in [6, 6.07) is 12.8. The van der Waals surface area contributed by atoms with Crippen molar-refractivity contribution < 1.29 is 13.6 Å². The van der Waals surface area contributed by atoms with E-state index in [-0.39, 0.29) is 17.8 Å². The quantitative estimate of drug-likeness (QED) is 0.756. The monoisotopic (exact) mass is 352 g/mol. The second-order valence-corrected chi connectivity index (χ2v) is 6.78. The summed E-state index contributed by atoms with van der Waals surface area (Å²) in [6.07, 6.45) is 1.57. The Morgan fingerprint density at radius 3 is 2.92 bits per heavy atom. The van der Waals surface area contributed by atoms with Gasteiger partial charge in [-0.2, -0.15) is 0 Å². The third-order valence-corrected chi connectivity index (χ3v) is 4.82. The average Bonchev–Trinajstić information content (AvgIpc) is 2.98. The van der Waals surface area contributed by atoms with Crippen molar-refractivity contribution in [3.05, 3.63) is 70.7 Å². The number of carbonyl (C=O) groups is 1. The van der Waals surface area contributed by atoms with E-state index in [2.05, 4.69) is 16.7 Å². The van der Waals surface area contributed by atoms with Crippen molar-refractivity contribution in [2.45, 2.75) is 25.8 Å². The molecule has 2 heterocycles. The van der Waals surface area contributed by atoms with Crippen LogP contribution in [-0.2, 0) is 17.6 Å². The molecule has 1 unspecified atom stereocenters. The van der Waals surface area contributed by atoms with Crippen LogP contribution in [0, 0.1) is 5.82 Å². The third-order valence-electron chi connectivity index (χ3n) is 4.82. The van der Waals surface area contributed by atoms with Crippen LogP contribution in [0.5, 0.6) is 0 Å². The molecule has 2 aromatic carbocycles. The van der Waals surface area contributed by atoms with Crippen molar-refractivity contribution in [2.24, 2.45) is 0 Å². The van der Waals surface area contributed by atoms with Gasteiger partial charge in [-0.05, 0) is 48.2 Å². The molecule has 0 saturated heterocycles. The lowest BCUT2D eigenvalue weighted by atomic mass is 9.97. The minimum atomic E-state index is -0.212. The molecular weight excluding hydrogens is 331 g/mol. The van der Waals surface area contributed by atoms with Gasteiger partial charge in [-0.3, -0.25) is 4.79 Å². The SMILES string of the molecule is CC(=O)NCC1NCCc2c1oc1ccc(Cc3cccc(F)c3)cc21. The minimum Gasteiger partial charge on any atom is -0.459 e. The standard InChI is InChI=1S/C21H21FN2O2/c1-13(25)24-12-19-21-17(7-8-23-19)18-11-15(5-6-20(18)26-21)9-14-3-2-4-16(22)10-14/h2-6,10-11,19,23H,7-9,12H2,1H3,(H,24,25). The van der Waals surface area contributed by atoms with Crippen LogP contribution in [-0.4, -0.2) is 19.0 Å². The number of furan rings is 1. The first-order valence-electron chi connectivity index (χ1n) is 8.86. The second-order valence-electron chi connectivity index (χ2n) is 6.78. The molecule has 5 heteroatoms. The van der Waals surface area contributed by atoms with E-state index < -0.39 is 0 Å². The van der Waals surface area contributed by atoms with Crippen LogP contribution in [0.15, 0.2) is 46.9 Å². The van der Waals surface area contributed by atoms with Crippen LogP contribution in [0.1, 0.15) is 35.4 Å². The molecule has 134 valence electrons. The predicted molar refractivity (Wildman–Crippen MR) is 98.6 cm³/mol. The summed E-state index contributed by atoms with van der Waals surface area (Å²) in [5, 5.41) is 7.37. The molecule has 0 saturated carbocycles. The molecule has 1 aromatic heterocycles. The van der Waals surface area contributed by atoms with Gasteiger partial charge < -0.3 is 15.1 Å². The molecule has 0 spiro atoms. The lowest BCUT2D eigenvalue weighted by molar-refractivity contribution is -0.119. The zero-order chi connectivity index (χ0) is 18.1. The minimum absolute atomic E-state index is 0.0123. The second kappa shape index (κ2) is 6.92. The molecule has 1 aliphatic rings. The van der Waals surface area contributed by atoms with Gasteiger partial charge in [0.2, 0.25) is 5.91 Å². The van der Waals surface area contributed by atoms with Crippen molar-refractivity contribution in [1.82, 2.24) is 10.6 Å². The summed E-state index contributed by atoms with van der Waals surface area (Å²) >= 11 is 0. The fourth-order valence-corrected chi connectivity index (χ4v) is 3.62. The number of amides is 1. The van der Waals surface area contributed by atoms with Crippen molar-refractivity contribution in [2.75, 3.05) is 13.1 Å². The first-order valence-corrected chi connectivity index (χ1v) is 8.86. The molecule has 0 bridgehead atoms. The van der Waals surface area contributed by atoms with Crippen molar-refractivity contribution in [3.8, 4) is 0 Å². The van der Waals surface area contributed by atoms with Crippen molar-refractivity contribution in [1.29, 1.82) is 0 Å². The Labute approximate surface area is 151 Å². The topological polar surface area (TPSA) is 54.3 Å². The maximum absolute atomic E-state index is 13.4. The fraction of sp³-hybridized carbons (Fsp3) is 0.286. The molecule has 0 radical (unpaired) electrons. The Bertz CT molecular complexity index is 964. The number of halogens is 1. The largest absolute Gasteiger partial charge is 0.459 e. The lowest BCUT2D eigenvalue weighted by Crippen LogP contribution is -2.37. The van der Waals surface area contributed by atoms with Crippen LogP contribution in [0.3, 0.4) is 0 Å². The fourth-order valence-electron chi connectivity index (χ4n) is 3.62. The molecule has 3 aromatic rings. The number of fused-ring (bicyclic) bond motifs is 3. The highest BCUT2D eigenvalue weighted by molar-refractivity contribution is 5.83. The van der Waals surface area contributed by atoms with Gasteiger partial charge in [0, 0.05) is 31.0 Å². The summed E-state index contributed by atoms with van der Waals surface area (Å²) in [4.78, 5) is 11.2. The summed E-state index contributed by atoms with van der Waals surface area (Å²) in [5.74, 6) is 0.645. The average molecular weight is 352 g/mol. The zero-order valence-electron chi connectivity index (χ0n) is 14.6. The van der Waals surface area contributed by atoms with E-state index in [0.29, 0.717) is 13.0 Å². The normalized spacial score (nSPS) is 16.5. The first-order chi connectivity index (χ1) is 12.6. The lowest BCUT2D eigenvalue weighted by Gasteiger charge is -2.22. The molecule has 0 fully saturated rings. The van der Waals surface area contributed by atoms with E-state index in [1.54, 1.807) is 12.1 Å². The number of carbonyl (C=O) groups excluding carboxylic acids is 1. The molecule has 1 amide bonds. The van der Waals surface area contributed by atoms with E-state index in [9.17, 15) is 9.18 Å². The maximum Gasteiger partial charge on any atom is 0.216 e. The van der Waals surface area contributed by atoms with E-state index >= 15 is 0 Å². The molecule has 1 atom stereocenters. The third kappa shape index (κ3) is 3.35. The van der Waals surface area contributed by atoms with Gasteiger partial charge in [0.15, 0.2) is 0 Å². The first kappa shape index (κ1) is 16.8. The van der Waals surface area contributed by atoms with E-state index in [1.165, 1.54) is 18.6 Å². The van der Waals surface area contributed by atoms with Crippen LogP contribution in [0.2, 0.25) is 0 Å². The van der Waals surface area contributed by atoms with E-state index in [1.807, 2.05) is 18.2 Å².